The molecule has 1 saturated carbocycles. The molecule has 0 bridgehead atoms. The van der Waals surface area contributed by atoms with Crippen LogP contribution in [0.2, 0.25) is 0 Å². The summed E-state index contributed by atoms with van der Waals surface area (Å²) in [6.45, 7) is 0.852. The molecule has 24 heavy (non-hydrogen) atoms. The second kappa shape index (κ2) is 7.86. The topological polar surface area (TPSA) is 84.5 Å². The van der Waals surface area contributed by atoms with Crippen LogP contribution in [0.25, 0.3) is 0 Å². The average molecular weight is 330 g/mol. The normalized spacial score (nSPS) is 20.5. The van der Waals surface area contributed by atoms with Crippen LogP contribution in [0, 0.1) is 11.8 Å². The number of rotatable bonds is 6. The van der Waals surface area contributed by atoms with Gasteiger partial charge in [0, 0.05) is 36.1 Å². The highest BCUT2D eigenvalue weighted by atomic mass is 16.3. The summed E-state index contributed by atoms with van der Waals surface area (Å²) >= 11 is 0. The lowest BCUT2D eigenvalue weighted by molar-refractivity contribution is -0.136. The van der Waals surface area contributed by atoms with Crippen molar-refractivity contribution >= 4 is 11.8 Å². The first-order chi connectivity index (χ1) is 11.7. The van der Waals surface area contributed by atoms with E-state index >= 15 is 0 Å². The van der Waals surface area contributed by atoms with Gasteiger partial charge in [-0.2, -0.15) is 0 Å². The van der Waals surface area contributed by atoms with Crippen molar-refractivity contribution < 1.29 is 18.4 Å². The summed E-state index contributed by atoms with van der Waals surface area (Å²) in [5.74, 6) is -0.649. The number of furan rings is 2. The van der Waals surface area contributed by atoms with E-state index in [1.165, 1.54) is 0 Å². The van der Waals surface area contributed by atoms with Crippen molar-refractivity contribution in [3.05, 3.63) is 48.3 Å². The van der Waals surface area contributed by atoms with Gasteiger partial charge in [0.1, 0.15) is 0 Å². The molecule has 0 saturated heterocycles. The molecule has 6 heteroatoms. The van der Waals surface area contributed by atoms with E-state index in [0.29, 0.717) is 13.1 Å². The van der Waals surface area contributed by atoms with E-state index in [-0.39, 0.29) is 23.7 Å². The Morgan fingerprint density at radius 3 is 1.71 bits per heavy atom. The van der Waals surface area contributed by atoms with E-state index in [1.807, 2.05) is 12.1 Å². The van der Waals surface area contributed by atoms with Gasteiger partial charge in [-0.15, -0.1) is 0 Å². The maximum absolute atomic E-state index is 12.5. The lowest BCUT2D eigenvalue weighted by Gasteiger charge is -2.29. The molecule has 0 aromatic carbocycles. The van der Waals surface area contributed by atoms with Gasteiger partial charge in [-0.25, -0.2) is 0 Å². The summed E-state index contributed by atoms with van der Waals surface area (Å²) in [7, 11) is 0. The Hall–Kier alpha value is -2.50. The lowest BCUT2D eigenvalue weighted by atomic mass is 9.78. The number of amides is 2. The van der Waals surface area contributed by atoms with Crippen LogP contribution < -0.4 is 10.6 Å². The van der Waals surface area contributed by atoms with Crippen molar-refractivity contribution in [2.75, 3.05) is 0 Å². The van der Waals surface area contributed by atoms with Gasteiger partial charge >= 0.3 is 0 Å². The molecule has 2 amide bonds. The predicted molar refractivity (Wildman–Crippen MR) is 86.6 cm³/mol. The van der Waals surface area contributed by atoms with Crippen molar-refractivity contribution in [2.45, 2.75) is 38.8 Å². The van der Waals surface area contributed by atoms with Crippen LogP contribution in [0.4, 0.5) is 0 Å². The maximum atomic E-state index is 12.5. The molecule has 6 nitrogen and oxygen atoms in total. The molecule has 0 radical (unpaired) electrons. The zero-order chi connectivity index (χ0) is 16.8. The molecule has 128 valence electrons. The molecule has 3 rings (SSSR count). The molecule has 2 atom stereocenters. The van der Waals surface area contributed by atoms with Gasteiger partial charge in [0.05, 0.1) is 25.1 Å². The van der Waals surface area contributed by atoms with E-state index in [4.69, 9.17) is 8.83 Å². The van der Waals surface area contributed by atoms with E-state index < -0.39 is 0 Å². The number of carbonyl (C=O) groups is 2. The standard InChI is InChI=1S/C18H22N2O4/c21-17(19-9-13-5-7-23-11-13)15-3-1-2-4-16(15)18(22)20-10-14-6-8-24-12-14/h5-8,11-12,15-16H,1-4,9-10H2,(H,19,21)(H,20,22)/t15-,16+. The van der Waals surface area contributed by atoms with Gasteiger partial charge in [-0.1, -0.05) is 12.8 Å². The van der Waals surface area contributed by atoms with Crippen LogP contribution in [-0.4, -0.2) is 11.8 Å². The minimum Gasteiger partial charge on any atom is -0.472 e. The quantitative estimate of drug-likeness (QED) is 0.852. The molecule has 1 fully saturated rings. The Morgan fingerprint density at radius 2 is 1.33 bits per heavy atom. The second-order valence-electron chi connectivity index (χ2n) is 6.20. The Kier molecular flexibility index (Phi) is 5.36. The number of hydrogen-bond acceptors (Lipinski definition) is 4. The number of hydrogen-bond donors (Lipinski definition) is 2. The van der Waals surface area contributed by atoms with Crippen molar-refractivity contribution in [3.63, 3.8) is 0 Å². The van der Waals surface area contributed by atoms with Crippen LogP contribution in [0.5, 0.6) is 0 Å². The van der Waals surface area contributed by atoms with Crippen LogP contribution in [0.15, 0.2) is 46.0 Å². The fraction of sp³-hybridized carbons (Fsp3) is 0.444. The molecule has 2 aromatic rings. The van der Waals surface area contributed by atoms with Crippen LogP contribution in [0.1, 0.15) is 36.8 Å². The molecule has 0 aliphatic heterocycles. The smallest absolute Gasteiger partial charge is 0.224 e. The van der Waals surface area contributed by atoms with Gasteiger partial charge in [-0.05, 0) is 25.0 Å². The zero-order valence-corrected chi connectivity index (χ0v) is 13.5. The summed E-state index contributed by atoms with van der Waals surface area (Å²) in [5.41, 5.74) is 1.83. The minimum atomic E-state index is -0.269. The van der Waals surface area contributed by atoms with Crippen LogP contribution in [-0.2, 0) is 22.7 Å². The first-order valence-corrected chi connectivity index (χ1v) is 8.31. The Bertz CT molecular complexity index is 590. The summed E-state index contributed by atoms with van der Waals surface area (Å²) < 4.78 is 9.99. The van der Waals surface area contributed by atoms with E-state index in [0.717, 1.165) is 36.8 Å². The number of nitrogens with one attached hydrogen (secondary N) is 2. The van der Waals surface area contributed by atoms with Crippen LogP contribution in [0.3, 0.4) is 0 Å². The fourth-order valence-corrected chi connectivity index (χ4v) is 3.19. The van der Waals surface area contributed by atoms with E-state index in [1.54, 1.807) is 25.1 Å². The Morgan fingerprint density at radius 1 is 0.875 bits per heavy atom. The highest BCUT2D eigenvalue weighted by Gasteiger charge is 2.35. The van der Waals surface area contributed by atoms with E-state index in [9.17, 15) is 9.59 Å². The predicted octanol–water partition coefficient (Wildman–Crippen LogP) is 2.61. The number of carbonyl (C=O) groups excluding carboxylic acids is 2. The largest absolute Gasteiger partial charge is 0.472 e. The van der Waals surface area contributed by atoms with Gasteiger partial charge in [0.25, 0.3) is 0 Å². The maximum Gasteiger partial charge on any atom is 0.224 e. The van der Waals surface area contributed by atoms with Crippen molar-refractivity contribution in [1.82, 2.24) is 10.6 Å². The van der Waals surface area contributed by atoms with Gasteiger partial charge in [0.15, 0.2) is 0 Å². The van der Waals surface area contributed by atoms with Crippen molar-refractivity contribution in [3.8, 4) is 0 Å². The second-order valence-corrected chi connectivity index (χ2v) is 6.20. The lowest BCUT2D eigenvalue weighted by Crippen LogP contribution is -2.43. The average Bonchev–Trinajstić information content (AvgIpc) is 3.31. The highest BCUT2D eigenvalue weighted by molar-refractivity contribution is 5.87. The molecular weight excluding hydrogens is 308 g/mol. The molecule has 1 aliphatic carbocycles. The zero-order valence-electron chi connectivity index (χ0n) is 13.5. The first-order valence-electron chi connectivity index (χ1n) is 8.31. The molecule has 2 N–H and O–H groups in total. The molecule has 2 heterocycles. The molecule has 1 aliphatic rings. The van der Waals surface area contributed by atoms with Gasteiger partial charge in [0.2, 0.25) is 11.8 Å². The third-order valence-corrected chi connectivity index (χ3v) is 4.53. The summed E-state index contributed by atoms with van der Waals surface area (Å²) in [5, 5.41) is 5.83. The van der Waals surface area contributed by atoms with E-state index in [2.05, 4.69) is 10.6 Å². The molecule has 0 unspecified atom stereocenters. The summed E-state index contributed by atoms with van der Waals surface area (Å²) in [6.07, 6.45) is 9.83. The Balaban J connectivity index is 1.55. The fourth-order valence-electron chi connectivity index (χ4n) is 3.19. The molecule has 0 spiro atoms. The molecular formula is C18H22N2O4. The monoisotopic (exact) mass is 330 g/mol. The summed E-state index contributed by atoms with van der Waals surface area (Å²) in [6, 6.07) is 3.63. The Labute approximate surface area is 140 Å². The minimum absolute atomic E-state index is 0.0561. The summed E-state index contributed by atoms with van der Waals surface area (Å²) in [4.78, 5) is 25.0. The third-order valence-electron chi connectivity index (χ3n) is 4.53. The van der Waals surface area contributed by atoms with Crippen molar-refractivity contribution in [2.24, 2.45) is 11.8 Å². The third kappa shape index (κ3) is 4.07. The SMILES string of the molecule is O=C(NCc1ccoc1)[C@H]1CCCC[C@H]1C(=O)NCc1ccoc1. The van der Waals surface area contributed by atoms with Gasteiger partial charge in [-0.3, -0.25) is 9.59 Å². The van der Waals surface area contributed by atoms with Gasteiger partial charge < -0.3 is 19.5 Å². The molecule has 2 aromatic heterocycles. The highest BCUT2D eigenvalue weighted by Crippen LogP contribution is 2.30. The van der Waals surface area contributed by atoms with Crippen molar-refractivity contribution in [1.29, 1.82) is 0 Å². The first kappa shape index (κ1) is 16.4. The van der Waals surface area contributed by atoms with Crippen LogP contribution >= 0.6 is 0 Å².